The van der Waals surface area contributed by atoms with Crippen LogP contribution in [0.3, 0.4) is 0 Å². The van der Waals surface area contributed by atoms with Crippen molar-refractivity contribution in [2.45, 2.75) is 24.8 Å². The molecule has 0 saturated carbocycles. The molecule has 2 aliphatic heterocycles. The molecule has 2 rings (SSSR count). The zero-order chi connectivity index (χ0) is 6.86. The predicted molar refractivity (Wildman–Crippen MR) is 41.8 cm³/mol. The van der Waals surface area contributed by atoms with Crippen molar-refractivity contribution in [1.29, 1.82) is 0 Å². The Balaban J connectivity index is 1.98. The highest BCUT2D eigenvalue weighted by atomic mass is 15.0. The van der Waals surface area contributed by atoms with Crippen LogP contribution in [0.2, 0.25) is 0 Å². The van der Waals surface area contributed by atoms with Crippen LogP contribution < -0.4 is 10.6 Å². The van der Waals surface area contributed by atoms with Gasteiger partial charge in [0.1, 0.15) is 0 Å². The van der Waals surface area contributed by atoms with Gasteiger partial charge in [-0.3, -0.25) is 0 Å². The summed E-state index contributed by atoms with van der Waals surface area (Å²) in [5.74, 6) is 0. The second kappa shape index (κ2) is 2.51. The van der Waals surface area contributed by atoms with Gasteiger partial charge in [-0.2, -0.15) is 0 Å². The molecular weight excluding hydrogens is 124 g/mol. The highest BCUT2D eigenvalue weighted by molar-refractivity contribution is 5.07. The van der Waals surface area contributed by atoms with Crippen molar-refractivity contribution in [2.75, 3.05) is 19.6 Å². The molecule has 0 aromatic heterocycles. The van der Waals surface area contributed by atoms with Crippen molar-refractivity contribution in [2.24, 2.45) is 0 Å². The maximum absolute atomic E-state index is 3.58. The Hall–Kier alpha value is -0.0800. The average molecular weight is 139 g/mol. The van der Waals surface area contributed by atoms with Crippen molar-refractivity contribution in [3.8, 4) is 0 Å². The second-order valence-electron chi connectivity index (χ2n) is 3.34. The molecule has 0 aromatic carbocycles. The number of hydrogen-bond donors (Lipinski definition) is 2. The molecule has 1 unspecified atom stereocenters. The third-order valence-corrected chi connectivity index (χ3v) is 2.66. The molecule has 0 amide bonds. The fraction of sp³-hybridized carbons (Fsp3) is 0.875. The number of nitrogens with one attached hydrogen (secondary N) is 2. The molecule has 2 aliphatic rings. The maximum Gasteiger partial charge on any atom is 0.0238 e. The first-order valence-corrected chi connectivity index (χ1v) is 4.21. The molecular formula is C8H15N2. The molecule has 0 bridgehead atoms. The number of rotatable bonds is 0. The van der Waals surface area contributed by atoms with Crippen LogP contribution in [0.5, 0.6) is 0 Å². The summed E-state index contributed by atoms with van der Waals surface area (Å²) >= 11 is 0. The summed E-state index contributed by atoms with van der Waals surface area (Å²) in [4.78, 5) is 0. The molecule has 2 N–H and O–H groups in total. The van der Waals surface area contributed by atoms with E-state index in [-0.39, 0.29) is 0 Å². The molecule has 2 nitrogen and oxygen atoms in total. The molecule has 0 aliphatic carbocycles. The van der Waals surface area contributed by atoms with Gasteiger partial charge in [0.25, 0.3) is 0 Å². The Morgan fingerprint density at radius 3 is 2.80 bits per heavy atom. The van der Waals surface area contributed by atoms with E-state index in [1.807, 2.05) is 0 Å². The zero-order valence-corrected chi connectivity index (χ0v) is 6.32. The van der Waals surface area contributed by atoms with E-state index >= 15 is 0 Å². The van der Waals surface area contributed by atoms with E-state index in [0.717, 1.165) is 6.54 Å². The lowest BCUT2D eigenvalue weighted by molar-refractivity contribution is 0.351. The van der Waals surface area contributed by atoms with Gasteiger partial charge in [0.05, 0.1) is 0 Å². The zero-order valence-electron chi connectivity index (χ0n) is 6.32. The number of piperidine rings is 1. The molecule has 2 heteroatoms. The van der Waals surface area contributed by atoms with Gasteiger partial charge in [-0.1, -0.05) is 0 Å². The molecule has 57 valence electrons. The van der Waals surface area contributed by atoms with Gasteiger partial charge in [-0.05, 0) is 38.8 Å². The van der Waals surface area contributed by atoms with Crippen molar-refractivity contribution in [3.63, 3.8) is 0 Å². The Bertz CT molecular complexity index is 108. The van der Waals surface area contributed by atoms with Crippen LogP contribution in [0.15, 0.2) is 0 Å². The first kappa shape index (κ1) is 6.62. The van der Waals surface area contributed by atoms with Crippen LogP contribution >= 0.6 is 0 Å². The molecule has 2 saturated heterocycles. The molecule has 1 spiro atoms. The van der Waals surface area contributed by atoms with Crippen LogP contribution in [-0.4, -0.2) is 25.2 Å². The summed E-state index contributed by atoms with van der Waals surface area (Å²) in [5, 5.41) is 6.92. The van der Waals surface area contributed by atoms with Gasteiger partial charge in [0.2, 0.25) is 0 Å². The summed E-state index contributed by atoms with van der Waals surface area (Å²) in [7, 11) is 0. The maximum atomic E-state index is 3.58. The van der Waals surface area contributed by atoms with Gasteiger partial charge in [-0.25, -0.2) is 0 Å². The first-order chi connectivity index (χ1) is 4.91. The van der Waals surface area contributed by atoms with Gasteiger partial charge < -0.3 is 10.6 Å². The van der Waals surface area contributed by atoms with E-state index in [2.05, 4.69) is 17.1 Å². The largest absolute Gasteiger partial charge is 0.316 e. The van der Waals surface area contributed by atoms with Gasteiger partial charge in [0.15, 0.2) is 0 Å². The van der Waals surface area contributed by atoms with Crippen molar-refractivity contribution >= 4 is 0 Å². The third-order valence-electron chi connectivity index (χ3n) is 2.66. The summed E-state index contributed by atoms with van der Waals surface area (Å²) < 4.78 is 0. The fourth-order valence-electron chi connectivity index (χ4n) is 2.00. The highest BCUT2D eigenvalue weighted by Crippen LogP contribution is 2.26. The van der Waals surface area contributed by atoms with Crippen LogP contribution in [0.25, 0.3) is 0 Å². The SMILES string of the molecule is [CH]1CNCCC12CCCN2. The van der Waals surface area contributed by atoms with Crippen LogP contribution in [-0.2, 0) is 0 Å². The van der Waals surface area contributed by atoms with Gasteiger partial charge in [-0.15, -0.1) is 0 Å². The second-order valence-corrected chi connectivity index (χ2v) is 3.34. The van der Waals surface area contributed by atoms with E-state index in [0.29, 0.717) is 5.54 Å². The Labute approximate surface area is 62.4 Å². The summed E-state index contributed by atoms with van der Waals surface area (Å²) in [6.45, 7) is 3.49. The lowest BCUT2D eigenvalue weighted by Crippen LogP contribution is -2.49. The Morgan fingerprint density at radius 1 is 1.20 bits per heavy atom. The summed E-state index contributed by atoms with van der Waals surface area (Å²) in [5.41, 5.74) is 0.436. The molecule has 1 radical (unpaired) electrons. The number of hydrogen-bond acceptors (Lipinski definition) is 2. The van der Waals surface area contributed by atoms with Crippen LogP contribution in [0, 0.1) is 6.42 Å². The normalized spacial score (nSPS) is 31.2. The van der Waals surface area contributed by atoms with Crippen molar-refractivity contribution in [3.05, 3.63) is 6.42 Å². The molecule has 0 aromatic rings. The van der Waals surface area contributed by atoms with E-state index < -0.39 is 0 Å². The smallest absolute Gasteiger partial charge is 0.0238 e. The topological polar surface area (TPSA) is 24.1 Å². The third kappa shape index (κ3) is 1.06. The van der Waals surface area contributed by atoms with Gasteiger partial charge >= 0.3 is 0 Å². The lowest BCUT2D eigenvalue weighted by atomic mass is 9.87. The highest BCUT2D eigenvalue weighted by Gasteiger charge is 2.34. The van der Waals surface area contributed by atoms with E-state index in [4.69, 9.17) is 0 Å². The standard InChI is InChI=1S/C8H15N2/c1-2-8(10-5-1)3-6-9-7-4-8/h3,9-10H,1-2,4-7H2. The van der Waals surface area contributed by atoms with E-state index in [9.17, 15) is 0 Å². The lowest BCUT2D eigenvalue weighted by Gasteiger charge is -2.33. The monoisotopic (exact) mass is 139 g/mol. The van der Waals surface area contributed by atoms with Crippen LogP contribution in [0.4, 0.5) is 0 Å². The molecule has 10 heavy (non-hydrogen) atoms. The molecule has 2 heterocycles. The quantitative estimate of drug-likeness (QED) is 0.504. The minimum Gasteiger partial charge on any atom is -0.316 e. The summed E-state index contributed by atoms with van der Waals surface area (Å²) in [6.07, 6.45) is 6.40. The van der Waals surface area contributed by atoms with E-state index in [1.54, 1.807) is 0 Å². The van der Waals surface area contributed by atoms with Crippen molar-refractivity contribution < 1.29 is 0 Å². The molecule has 1 atom stereocenters. The van der Waals surface area contributed by atoms with Crippen molar-refractivity contribution in [1.82, 2.24) is 10.6 Å². The molecule has 2 fully saturated rings. The summed E-state index contributed by atoms with van der Waals surface area (Å²) in [6, 6.07) is 0. The predicted octanol–water partition coefficient (Wildman–Crippen LogP) is 0.306. The minimum absolute atomic E-state index is 0.436. The van der Waals surface area contributed by atoms with E-state index in [1.165, 1.54) is 32.4 Å². The Morgan fingerprint density at radius 2 is 2.20 bits per heavy atom. The minimum atomic E-state index is 0.436. The first-order valence-electron chi connectivity index (χ1n) is 4.21. The van der Waals surface area contributed by atoms with Gasteiger partial charge in [0, 0.05) is 12.1 Å². The van der Waals surface area contributed by atoms with Crippen LogP contribution in [0.1, 0.15) is 19.3 Å². The Kier molecular flexibility index (Phi) is 1.66. The fourth-order valence-corrected chi connectivity index (χ4v) is 2.00. The average Bonchev–Trinajstić information content (AvgIpc) is 2.39.